The minimum Gasteiger partial charge on any atom is -0.383 e. The Bertz CT molecular complexity index is 926. The van der Waals surface area contributed by atoms with E-state index in [1.54, 1.807) is 6.20 Å². The number of hydrogen-bond acceptors (Lipinski definition) is 5. The molecule has 1 heterocycles. The normalized spacial score (nSPS) is 11.7. The predicted molar refractivity (Wildman–Crippen MR) is 127 cm³/mol. The van der Waals surface area contributed by atoms with Gasteiger partial charge in [-0.3, -0.25) is 4.79 Å². The molecule has 6 heteroatoms. The number of rotatable bonds is 11. The monoisotopic (exact) mass is 417 g/mol. The average molecular weight is 418 g/mol. The smallest absolute Gasteiger partial charge is 0.247 e. The molecule has 0 spiro atoms. The van der Waals surface area contributed by atoms with E-state index in [0.29, 0.717) is 12.4 Å². The van der Waals surface area contributed by atoms with Crippen molar-refractivity contribution < 1.29 is 4.79 Å². The van der Waals surface area contributed by atoms with Crippen LogP contribution in [-0.4, -0.2) is 37.6 Å². The third-order valence-electron chi connectivity index (χ3n) is 5.00. The number of hydrogen-bond donors (Lipinski definition) is 4. The Labute approximate surface area is 184 Å². The standard InChI is InChI=1S/C25H31N5O/c1-19-8-10-20(11-9-19)14-15-28-24(21-6-4-3-5-7-21)25(31)30-23-13-12-22(18-29-23)27-17-16-26-2/h3-13,18,24,26-28H,14-17H2,1-2H3,(H,29,30,31). The Balaban J connectivity index is 1.61. The molecule has 1 atom stereocenters. The van der Waals surface area contributed by atoms with Gasteiger partial charge in [-0.1, -0.05) is 60.2 Å². The van der Waals surface area contributed by atoms with Gasteiger partial charge in [-0.2, -0.15) is 0 Å². The van der Waals surface area contributed by atoms with E-state index >= 15 is 0 Å². The number of carbonyl (C=O) groups is 1. The molecule has 162 valence electrons. The van der Waals surface area contributed by atoms with Crippen molar-refractivity contribution in [2.24, 2.45) is 0 Å². The van der Waals surface area contributed by atoms with Gasteiger partial charge < -0.3 is 21.3 Å². The molecule has 0 saturated heterocycles. The Morgan fingerprint density at radius 1 is 0.935 bits per heavy atom. The van der Waals surface area contributed by atoms with Crippen LogP contribution in [-0.2, 0) is 11.2 Å². The van der Waals surface area contributed by atoms with Gasteiger partial charge in [0, 0.05) is 19.6 Å². The Kier molecular flexibility index (Phi) is 8.58. The molecule has 2 aromatic carbocycles. The fourth-order valence-electron chi connectivity index (χ4n) is 3.23. The van der Waals surface area contributed by atoms with Crippen LogP contribution in [0.3, 0.4) is 0 Å². The third kappa shape index (κ3) is 7.20. The largest absolute Gasteiger partial charge is 0.383 e. The molecule has 1 amide bonds. The number of carbonyl (C=O) groups excluding carboxylic acids is 1. The SMILES string of the molecule is CNCCNc1ccc(NC(=O)C(NCCc2ccc(C)cc2)c2ccccc2)nc1. The summed E-state index contributed by atoms with van der Waals surface area (Å²) in [5.41, 5.74) is 4.33. The lowest BCUT2D eigenvalue weighted by Crippen LogP contribution is -2.34. The van der Waals surface area contributed by atoms with E-state index in [1.165, 1.54) is 11.1 Å². The molecule has 1 aromatic heterocycles. The number of nitrogens with zero attached hydrogens (tertiary/aromatic N) is 1. The molecule has 0 aliphatic heterocycles. The molecule has 0 aliphatic rings. The Hall–Kier alpha value is -3.22. The topological polar surface area (TPSA) is 78.1 Å². The van der Waals surface area contributed by atoms with Gasteiger partial charge in [0.1, 0.15) is 11.9 Å². The maximum atomic E-state index is 13.1. The number of amides is 1. The second kappa shape index (κ2) is 11.8. The molecule has 0 bridgehead atoms. The van der Waals surface area contributed by atoms with Crippen LogP contribution < -0.4 is 21.3 Å². The lowest BCUT2D eigenvalue weighted by atomic mass is 10.1. The van der Waals surface area contributed by atoms with Crippen LogP contribution in [0.25, 0.3) is 0 Å². The first-order chi connectivity index (χ1) is 15.2. The van der Waals surface area contributed by atoms with Gasteiger partial charge in [-0.15, -0.1) is 0 Å². The van der Waals surface area contributed by atoms with Gasteiger partial charge in [0.15, 0.2) is 0 Å². The number of aryl methyl sites for hydroxylation is 1. The molecular formula is C25H31N5O. The van der Waals surface area contributed by atoms with Gasteiger partial charge >= 0.3 is 0 Å². The molecule has 0 saturated carbocycles. The minimum absolute atomic E-state index is 0.126. The number of anilines is 2. The molecule has 31 heavy (non-hydrogen) atoms. The molecular weight excluding hydrogens is 386 g/mol. The van der Waals surface area contributed by atoms with Crippen LogP contribution in [0.5, 0.6) is 0 Å². The number of nitrogens with one attached hydrogen (secondary N) is 4. The summed E-state index contributed by atoms with van der Waals surface area (Å²) in [5, 5.41) is 12.7. The fraction of sp³-hybridized carbons (Fsp3) is 0.280. The highest BCUT2D eigenvalue weighted by Crippen LogP contribution is 2.16. The maximum absolute atomic E-state index is 13.1. The lowest BCUT2D eigenvalue weighted by molar-refractivity contribution is -0.118. The summed E-state index contributed by atoms with van der Waals surface area (Å²) in [6.07, 6.45) is 2.58. The summed E-state index contributed by atoms with van der Waals surface area (Å²) in [6.45, 7) is 4.45. The van der Waals surface area contributed by atoms with Gasteiger partial charge in [0.25, 0.3) is 0 Å². The van der Waals surface area contributed by atoms with Gasteiger partial charge in [0.05, 0.1) is 11.9 Å². The van der Waals surface area contributed by atoms with Gasteiger partial charge in [-0.05, 0) is 43.7 Å². The summed E-state index contributed by atoms with van der Waals surface area (Å²) >= 11 is 0. The highest BCUT2D eigenvalue weighted by atomic mass is 16.2. The molecule has 3 rings (SSSR count). The quantitative estimate of drug-likeness (QED) is 0.359. The number of pyridine rings is 1. The van der Waals surface area contributed by atoms with Crippen molar-refractivity contribution >= 4 is 17.4 Å². The third-order valence-corrected chi connectivity index (χ3v) is 5.00. The Morgan fingerprint density at radius 2 is 1.71 bits per heavy atom. The zero-order valence-electron chi connectivity index (χ0n) is 18.2. The summed E-state index contributed by atoms with van der Waals surface area (Å²) < 4.78 is 0. The van der Waals surface area contributed by atoms with Crippen LogP contribution in [0.4, 0.5) is 11.5 Å². The maximum Gasteiger partial charge on any atom is 0.247 e. The lowest BCUT2D eigenvalue weighted by Gasteiger charge is -2.19. The van der Waals surface area contributed by atoms with Crippen molar-refractivity contribution in [3.63, 3.8) is 0 Å². The van der Waals surface area contributed by atoms with E-state index in [-0.39, 0.29) is 5.91 Å². The van der Waals surface area contributed by atoms with E-state index in [0.717, 1.165) is 30.8 Å². The van der Waals surface area contributed by atoms with Crippen LogP contribution in [0.1, 0.15) is 22.7 Å². The van der Waals surface area contributed by atoms with Crippen molar-refractivity contribution in [1.29, 1.82) is 0 Å². The highest BCUT2D eigenvalue weighted by Gasteiger charge is 2.20. The highest BCUT2D eigenvalue weighted by molar-refractivity contribution is 5.94. The molecule has 3 aromatic rings. The minimum atomic E-state index is -0.457. The molecule has 1 unspecified atom stereocenters. The van der Waals surface area contributed by atoms with Crippen molar-refractivity contribution in [1.82, 2.24) is 15.6 Å². The van der Waals surface area contributed by atoms with Crippen LogP contribution in [0, 0.1) is 6.92 Å². The molecule has 6 nitrogen and oxygen atoms in total. The van der Waals surface area contributed by atoms with Crippen LogP contribution >= 0.6 is 0 Å². The second-order valence-electron chi connectivity index (χ2n) is 7.49. The first-order valence-corrected chi connectivity index (χ1v) is 10.6. The first-order valence-electron chi connectivity index (χ1n) is 10.6. The summed E-state index contributed by atoms with van der Waals surface area (Å²) in [7, 11) is 1.91. The number of likely N-dealkylation sites (N-methyl/N-ethyl adjacent to an activating group) is 1. The van der Waals surface area contributed by atoms with Crippen molar-refractivity contribution in [3.8, 4) is 0 Å². The van der Waals surface area contributed by atoms with Gasteiger partial charge in [0.2, 0.25) is 5.91 Å². The zero-order chi connectivity index (χ0) is 21.9. The molecule has 0 radical (unpaired) electrons. The average Bonchev–Trinajstić information content (AvgIpc) is 2.80. The van der Waals surface area contributed by atoms with Gasteiger partial charge in [-0.25, -0.2) is 4.98 Å². The van der Waals surface area contributed by atoms with E-state index in [9.17, 15) is 4.79 Å². The summed E-state index contributed by atoms with van der Waals surface area (Å²) in [6, 6.07) is 21.5. The zero-order valence-corrected chi connectivity index (χ0v) is 18.2. The first kappa shape index (κ1) is 22.5. The van der Waals surface area contributed by atoms with E-state index < -0.39 is 6.04 Å². The fourth-order valence-corrected chi connectivity index (χ4v) is 3.23. The molecule has 0 fully saturated rings. The van der Waals surface area contributed by atoms with E-state index in [2.05, 4.69) is 57.4 Å². The van der Waals surface area contributed by atoms with E-state index in [4.69, 9.17) is 0 Å². The van der Waals surface area contributed by atoms with Crippen LogP contribution in [0.15, 0.2) is 72.9 Å². The summed E-state index contributed by atoms with van der Waals surface area (Å²) in [4.78, 5) is 17.4. The van der Waals surface area contributed by atoms with Crippen molar-refractivity contribution in [3.05, 3.63) is 89.6 Å². The van der Waals surface area contributed by atoms with Crippen molar-refractivity contribution in [2.45, 2.75) is 19.4 Å². The number of benzene rings is 2. The molecule has 4 N–H and O–H groups in total. The van der Waals surface area contributed by atoms with Crippen LogP contribution in [0.2, 0.25) is 0 Å². The van der Waals surface area contributed by atoms with E-state index in [1.807, 2.05) is 49.5 Å². The molecule has 0 aliphatic carbocycles. The second-order valence-corrected chi connectivity index (χ2v) is 7.49. The predicted octanol–water partition coefficient (Wildman–Crippen LogP) is 3.53. The number of aromatic nitrogens is 1. The Morgan fingerprint density at radius 3 is 2.39 bits per heavy atom. The summed E-state index contributed by atoms with van der Waals surface area (Å²) in [5.74, 6) is 0.406. The van der Waals surface area contributed by atoms with Crippen molar-refractivity contribution in [2.75, 3.05) is 37.3 Å².